The summed E-state index contributed by atoms with van der Waals surface area (Å²) < 4.78 is 4.88. The van der Waals surface area contributed by atoms with Crippen molar-refractivity contribution in [3.8, 4) is 0 Å². The molecule has 90 valence electrons. The number of methoxy groups -OCH3 is 1. The zero-order valence-electron chi connectivity index (χ0n) is 10.1. The topological polar surface area (TPSA) is 50.4 Å². The van der Waals surface area contributed by atoms with Crippen molar-refractivity contribution in [2.45, 2.75) is 26.7 Å². The van der Waals surface area contributed by atoms with E-state index >= 15 is 0 Å². The van der Waals surface area contributed by atoms with Crippen molar-refractivity contribution in [1.29, 1.82) is 0 Å². The summed E-state index contributed by atoms with van der Waals surface area (Å²) in [5.74, 6) is 0.747. The standard InChI is InChI=1S/C11H24N2O2/c1-10(2)5-7-12-9-11(14)13-6-4-8-15-3/h10,12H,4-9H2,1-3H3,(H,13,14). The maximum Gasteiger partial charge on any atom is 0.233 e. The van der Waals surface area contributed by atoms with Gasteiger partial charge < -0.3 is 15.4 Å². The summed E-state index contributed by atoms with van der Waals surface area (Å²) in [6.07, 6.45) is 1.98. The third-order valence-electron chi connectivity index (χ3n) is 2.03. The molecule has 4 nitrogen and oxygen atoms in total. The second-order valence-corrected chi connectivity index (χ2v) is 4.06. The van der Waals surface area contributed by atoms with Crippen LogP contribution in [0.5, 0.6) is 0 Å². The lowest BCUT2D eigenvalue weighted by Crippen LogP contribution is -2.35. The summed E-state index contributed by atoms with van der Waals surface area (Å²) in [6.45, 7) is 7.06. The zero-order chi connectivity index (χ0) is 11.5. The van der Waals surface area contributed by atoms with Crippen molar-refractivity contribution < 1.29 is 9.53 Å². The molecule has 1 amide bonds. The molecule has 0 fully saturated rings. The number of hydrogen-bond acceptors (Lipinski definition) is 3. The Bertz CT molecular complexity index is 161. The van der Waals surface area contributed by atoms with E-state index in [0.29, 0.717) is 25.6 Å². The third kappa shape index (κ3) is 11.3. The van der Waals surface area contributed by atoms with Crippen LogP contribution >= 0.6 is 0 Å². The molecule has 2 N–H and O–H groups in total. The van der Waals surface area contributed by atoms with Crippen molar-refractivity contribution >= 4 is 5.91 Å². The number of carbonyl (C=O) groups is 1. The second kappa shape index (κ2) is 9.93. The Morgan fingerprint density at radius 2 is 2.07 bits per heavy atom. The molecule has 0 aromatic carbocycles. The van der Waals surface area contributed by atoms with Crippen molar-refractivity contribution in [3.63, 3.8) is 0 Å². The van der Waals surface area contributed by atoms with Crippen LogP contribution in [0.15, 0.2) is 0 Å². The van der Waals surface area contributed by atoms with Crippen molar-refractivity contribution in [2.24, 2.45) is 5.92 Å². The van der Waals surface area contributed by atoms with Crippen molar-refractivity contribution in [1.82, 2.24) is 10.6 Å². The molecule has 0 aliphatic heterocycles. The van der Waals surface area contributed by atoms with Gasteiger partial charge in [-0.2, -0.15) is 0 Å². The predicted octanol–water partition coefficient (Wildman–Crippen LogP) is 0.775. The fraction of sp³-hybridized carbons (Fsp3) is 0.909. The molecular formula is C11H24N2O2. The van der Waals surface area contributed by atoms with Gasteiger partial charge in [-0.3, -0.25) is 4.79 Å². The largest absolute Gasteiger partial charge is 0.385 e. The summed E-state index contributed by atoms with van der Waals surface area (Å²) >= 11 is 0. The molecule has 0 rings (SSSR count). The van der Waals surface area contributed by atoms with Gasteiger partial charge in [0.2, 0.25) is 5.91 Å². The van der Waals surface area contributed by atoms with Gasteiger partial charge in [0.1, 0.15) is 0 Å². The van der Waals surface area contributed by atoms with E-state index < -0.39 is 0 Å². The minimum atomic E-state index is 0.0647. The van der Waals surface area contributed by atoms with Gasteiger partial charge in [-0.05, 0) is 25.3 Å². The maximum absolute atomic E-state index is 11.2. The molecule has 0 aromatic heterocycles. The Kier molecular flexibility index (Phi) is 9.52. The predicted molar refractivity (Wildman–Crippen MR) is 61.8 cm³/mol. The van der Waals surface area contributed by atoms with E-state index in [1.54, 1.807) is 7.11 Å². The first-order chi connectivity index (χ1) is 7.16. The Hall–Kier alpha value is -0.610. The lowest BCUT2D eigenvalue weighted by atomic mass is 10.1. The average molecular weight is 216 g/mol. The number of carbonyl (C=O) groups excluding carboxylic acids is 1. The number of rotatable bonds is 9. The van der Waals surface area contributed by atoms with Gasteiger partial charge in [0.25, 0.3) is 0 Å². The Balaban J connectivity index is 3.19. The highest BCUT2D eigenvalue weighted by molar-refractivity contribution is 5.77. The number of nitrogens with one attached hydrogen (secondary N) is 2. The van der Waals surface area contributed by atoms with E-state index in [2.05, 4.69) is 24.5 Å². The van der Waals surface area contributed by atoms with E-state index in [1.165, 1.54) is 0 Å². The quantitative estimate of drug-likeness (QED) is 0.560. The number of amides is 1. The normalized spacial score (nSPS) is 10.7. The molecular weight excluding hydrogens is 192 g/mol. The van der Waals surface area contributed by atoms with Crippen LogP contribution in [0.2, 0.25) is 0 Å². The lowest BCUT2D eigenvalue weighted by Gasteiger charge is -2.07. The Morgan fingerprint density at radius 3 is 2.67 bits per heavy atom. The summed E-state index contributed by atoms with van der Waals surface area (Å²) in [5, 5.41) is 5.94. The van der Waals surface area contributed by atoms with Gasteiger partial charge in [-0.15, -0.1) is 0 Å². The number of ether oxygens (including phenoxy) is 1. The van der Waals surface area contributed by atoms with E-state index in [1.807, 2.05) is 0 Å². The molecule has 0 heterocycles. The highest BCUT2D eigenvalue weighted by Crippen LogP contribution is 1.95. The highest BCUT2D eigenvalue weighted by Gasteiger charge is 1.99. The molecule has 0 aliphatic carbocycles. The van der Waals surface area contributed by atoms with Crippen LogP contribution in [-0.2, 0) is 9.53 Å². The van der Waals surface area contributed by atoms with Crippen LogP contribution in [0.25, 0.3) is 0 Å². The first kappa shape index (κ1) is 14.4. The molecule has 0 aliphatic rings. The van der Waals surface area contributed by atoms with Gasteiger partial charge in [-0.25, -0.2) is 0 Å². The highest BCUT2D eigenvalue weighted by atomic mass is 16.5. The van der Waals surface area contributed by atoms with E-state index in [0.717, 1.165) is 19.4 Å². The molecule has 0 bridgehead atoms. The molecule has 0 aromatic rings. The van der Waals surface area contributed by atoms with Crippen LogP contribution in [0, 0.1) is 5.92 Å². The summed E-state index contributed by atoms with van der Waals surface area (Å²) in [6, 6.07) is 0. The molecule has 0 spiro atoms. The summed E-state index contributed by atoms with van der Waals surface area (Å²) in [5.41, 5.74) is 0. The molecule has 15 heavy (non-hydrogen) atoms. The van der Waals surface area contributed by atoms with Crippen LogP contribution in [0.3, 0.4) is 0 Å². The van der Waals surface area contributed by atoms with Crippen LogP contribution in [0.1, 0.15) is 26.7 Å². The fourth-order valence-corrected chi connectivity index (χ4v) is 1.10. The van der Waals surface area contributed by atoms with Gasteiger partial charge >= 0.3 is 0 Å². The van der Waals surface area contributed by atoms with Crippen LogP contribution in [0.4, 0.5) is 0 Å². The molecule has 0 unspecified atom stereocenters. The van der Waals surface area contributed by atoms with E-state index in [-0.39, 0.29) is 5.91 Å². The van der Waals surface area contributed by atoms with E-state index in [4.69, 9.17) is 4.74 Å². The molecule has 0 atom stereocenters. The van der Waals surface area contributed by atoms with E-state index in [9.17, 15) is 4.79 Å². The molecule has 4 heteroatoms. The Labute approximate surface area is 92.8 Å². The monoisotopic (exact) mass is 216 g/mol. The number of hydrogen-bond donors (Lipinski definition) is 2. The smallest absolute Gasteiger partial charge is 0.233 e. The molecule has 0 saturated heterocycles. The minimum Gasteiger partial charge on any atom is -0.385 e. The molecule has 0 saturated carbocycles. The van der Waals surface area contributed by atoms with Crippen LogP contribution < -0.4 is 10.6 Å². The Morgan fingerprint density at radius 1 is 1.33 bits per heavy atom. The van der Waals surface area contributed by atoms with Crippen LogP contribution in [-0.4, -0.2) is 39.3 Å². The van der Waals surface area contributed by atoms with Gasteiger partial charge in [0, 0.05) is 20.3 Å². The fourth-order valence-electron chi connectivity index (χ4n) is 1.10. The lowest BCUT2D eigenvalue weighted by molar-refractivity contribution is -0.120. The average Bonchev–Trinajstić information content (AvgIpc) is 2.19. The third-order valence-corrected chi connectivity index (χ3v) is 2.03. The molecule has 0 radical (unpaired) electrons. The zero-order valence-corrected chi connectivity index (χ0v) is 10.1. The van der Waals surface area contributed by atoms with Crippen molar-refractivity contribution in [3.05, 3.63) is 0 Å². The van der Waals surface area contributed by atoms with Gasteiger partial charge in [-0.1, -0.05) is 13.8 Å². The maximum atomic E-state index is 11.2. The van der Waals surface area contributed by atoms with Gasteiger partial charge in [0.15, 0.2) is 0 Å². The summed E-state index contributed by atoms with van der Waals surface area (Å²) in [4.78, 5) is 11.2. The first-order valence-electron chi connectivity index (χ1n) is 5.63. The second-order valence-electron chi connectivity index (χ2n) is 4.06. The summed E-state index contributed by atoms with van der Waals surface area (Å²) in [7, 11) is 1.66. The van der Waals surface area contributed by atoms with Gasteiger partial charge in [0.05, 0.1) is 6.54 Å². The first-order valence-corrected chi connectivity index (χ1v) is 5.63. The SMILES string of the molecule is COCCCNC(=O)CNCCC(C)C. The minimum absolute atomic E-state index is 0.0647. The van der Waals surface area contributed by atoms with Crippen molar-refractivity contribution in [2.75, 3.05) is 33.4 Å².